The first-order chi connectivity index (χ1) is 14.2. The highest BCUT2D eigenvalue weighted by molar-refractivity contribution is 5.30. The Morgan fingerprint density at radius 3 is 0.800 bits per heavy atom. The second-order valence-electron chi connectivity index (χ2n) is 8.80. The molecule has 0 spiro atoms. The van der Waals surface area contributed by atoms with E-state index in [4.69, 9.17) is 0 Å². The minimum absolute atomic E-state index is 0.667. The molecule has 0 nitrogen and oxygen atoms in total. The molecule has 0 amide bonds. The van der Waals surface area contributed by atoms with Gasteiger partial charge in [-0.25, -0.2) is 0 Å². The summed E-state index contributed by atoms with van der Waals surface area (Å²) in [6.07, 6.45) is 8.84. The first kappa shape index (κ1) is 28.4. The van der Waals surface area contributed by atoms with Crippen molar-refractivity contribution in [3.05, 3.63) is 69.8 Å². The highest BCUT2D eigenvalue weighted by Gasteiger charge is 2.20. The lowest BCUT2D eigenvalue weighted by atomic mass is 9.78. The number of aryl methyl sites for hydroxylation is 6. The van der Waals surface area contributed by atoms with Crippen LogP contribution in [0.2, 0.25) is 0 Å². The summed E-state index contributed by atoms with van der Waals surface area (Å²) in [5, 5.41) is 0. The van der Waals surface area contributed by atoms with E-state index in [2.05, 4.69) is 106 Å². The molecule has 0 fully saturated rings. The normalized spacial score (nSPS) is 10.6. The Labute approximate surface area is 189 Å². The van der Waals surface area contributed by atoms with Gasteiger partial charge in [-0.05, 0) is 62.1 Å². The molecule has 30 heavy (non-hydrogen) atoms. The molecule has 0 aliphatic rings. The molecule has 0 bridgehead atoms. The Hall–Kier alpha value is -1.56. The predicted molar refractivity (Wildman–Crippen MR) is 139 cm³/mol. The van der Waals surface area contributed by atoms with Gasteiger partial charge >= 0.3 is 0 Å². The fourth-order valence-corrected chi connectivity index (χ4v) is 4.15. The summed E-state index contributed by atoms with van der Waals surface area (Å²) in [5.41, 5.74) is 9.16. The van der Waals surface area contributed by atoms with Gasteiger partial charge in [0.25, 0.3) is 0 Å². The van der Waals surface area contributed by atoms with Crippen molar-refractivity contribution in [2.45, 2.75) is 114 Å². The van der Waals surface area contributed by atoms with Crippen LogP contribution in [0.4, 0.5) is 0 Å². The molecule has 0 aliphatic heterocycles. The number of hydrogen-bond donors (Lipinski definition) is 0. The standard InChI is InChI=1S/C12H18.C9H12.C9H20/c1-4-10-7-11(5-2)9-12(6-3)8-10;1-7-4-8(2)6-9(3)5-7;1-5-9(6-2,7-3)8-4/h7-9H,4-6H2,1-3H3;4-6H,1-3H3;5-8H2,1-4H3. The first-order valence-electron chi connectivity index (χ1n) is 12.4. The Morgan fingerprint density at radius 2 is 0.667 bits per heavy atom. The van der Waals surface area contributed by atoms with Crippen LogP contribution >= 0.6 is 0 Å². The number of hydrogen-bond acceptors (Lipinski definition) is 0. The summed E-state index contributed by atoms with van der Waals surface area (Å²) >= 11 is 0. The van der Waals surface area contributed by atoms with Gasteiger partial charge in [0.15, 0.2) is 0 Å². The van der Waals surface area contributed by atoms with E-state index in [1.807, 2.05) is 0 Å². The molecule has 2 rings (SSSR count). The number of rotatable bonds is 7. The smallest absolute Gasteiger partial charge is 0.0307 e. The average molecular weight is 411 g/mol. The molecule has 2 aromatic carbocycles. The second kappa shape index (κ2) is 15.3. The molecule has 0 N–H and O–H groups in total. The number of benzene rings is 2. The molecule has 0 saturated heterocycles. The quantitative estimate of drug-likeness (QED) is 0.426. The SMILES string of the molecule is CCC(CC)(CC)CC.CCc1cc(CC)cc(CC)c1.Cc1cc(C)cc(C)c1. The summed E-state index contributed by atoms with van der Waals surface area (Å²) in [6.45, 7) is 22.2. The molecule has 0 unspecified atom stereocenters. The van der Waals surface area contributed by atoms with Crippen LogP contribution in [0.5, 0.6) is 0 Å². The van der Waals surface area contributed by atoms with Crippen molar-refractivity contribution in [2.75, 3.05) is 0 Å². The van der Waals surface area contributed by atoms with Crippen LogP contribution in [0, 0.1) is 26.2 Å². The van der Waals surface area contributed by atoms with Crippen molar-refractivity contribution in [3.63, 3.8) is 0 Å². The van der Waals surface area contributed by atoms with Gasteiger partial charge in [-0.15, -0.1) is 0 Å². The van der Waals surface area contributed by atoms with E-state index in [0.29, 0.717) is 5.41 Å². The van der Waals surface area contributed by atoms with E-state index in [0.717, 1.165) is 19.3 Å². The van der Waals surface area contributed by atoms with Gasteiger partial charge in [-0.3, -0.25) is 0 Å². The van der Waals surface area contributed by atoms with Gasteiger partial charge in [-0.1, -0.05) is 127 Å². The van der Waals surface area contributed by atoms with Crippen molar-refractivity contribution >= 4 is 0 Å². The maximum Gasteiger partial charge on any atom is -0.0307 e. The van der Waals surface area contributed by atoms with Crippen LogP contribution in [-0.2, 0) is 19.3 Å². The molecule has 0 heteroatoms. The third-order valence-corrected chi connectivity index (χ3v) is 6.70. The molecule has 170 valence electrons. The van der Waals surface area contributed by atoms with Gasteiger partial charge < -0.3 is 0 Å². The molecule has 0 aromatic heterocycles. The fraction of sp³-hybridized carbons (Fsp3) is 0.600. The summed E-state index contributed by atoms with van der Waals surface area (Å²) in [4.78, 5) is 0. The molecular formula is C30H50. The van der Waals surface area contributed by atoms with Crippen molar-refractivity contribution < 1.29 is 0 Å². The van der Waals surface area contributed by atoms with Crippen LogP contribution in [-0.4, -0.2) is 0 Å². The molecule has 0 aliphatic carbocycles. The maximum absolute atomic E-state index is 2.32. The summed E-state index contributed by atoms with van der Waals surface area (Å²) in [6, 6.07) is 13.5. The lowest BCUT2D eigenvalue weighted by Gasteiger charge is -2.28. The summed E-state index contributed by atoms with van der Waals surface area (Å²) < 4.78 is 0. The third-order valence-electron chi connectivity index (χ3n) is 6.70. The van der Waals surface area contributed by atoms with Gasteiger partial charge in [0.2, 0.25) is 0 Å². The fourth-order valence-electron chi connectivity index (χ4n) is 4.15. The topological polar surface area (TPSA) is 0 Å². The van der Waals surface area contributed by atoms with Crippen molar-refractivity contribution in [1.82, 2.24) is 0 Å². The van der Waals surface area contributed by atoms with E-state index >= 15 is 0 Å². The van der Waals surface area contributed by atoms with E-state index < -0.39 is 0 Å². The Balaban J connectivity index is 0.000000428. The van der Waals surface area contributed by atoms with Crippen molar-refractivity contribution in [2.24, 2.45) is 5.41 Å². The maximum atomic E-state index is 2.32. The largest absolute Gasteiger partial charge is 0.0649 e. The minimum Gasteiger partial charge on any atom is -0.0649 e. The van der Waals surface area contributed by atoms with Gasteiger partial charge in [-0.2, -0.15) is 0 Å². The molecule has 0 heterocycles. The predicted octanol–water partition coefficient (Wildman–Crippen LogP) is 9.60. The molecule has 0 atom stereocenters. The van der Waals surface area contributed by atoms with Gasteiger partial charge in [0, 0.05) is 0 Å². The van der Waals surface area contributed by atoms with Gasteiger partial charge in [0.05, 0.1) is 0 Å². The van der Waals surface area contributed by atoms with E-state index in [1.54, 1.807) is 0 Å². The van der Waals surface area contributed by atoms with Crippen molar-refractivity contribution in [1.29, 1.82) is 0 Å². The van der Waals surface area contributed by atoms with Crippen LogP contribution in [0.1, 0.15) is 108 Å². The molecule has 0 radical (unpaired) electrons. The lowest BCUT2D eigenvalue weighted by molar-refractivity contribution is 0.240. The van der Waals surface area contributed by atoms with E-state index in [1.165, 1.54) is 59.1 Å². The van der Waals surface area contributed by atoms with Crippen molar-refractivity contribution in [3.8, 4) is 0 Å². The minimum atomic E-state index is 0.667. The Kier molecular flexibility index (Phi) is 14.5. The molecule has 0 saturated carbocycles. The molecular weight excluding hydrogens is 360 g/mol. The summed E-state index contributed by atoms with van der Waals surface area (Å²) in [7, 11) is 0. The van der Waals surface area contributed by atoms with Crippen LogP contribution in [0.25, 0.3) is 0 Å². The van der Waals surface area contributed by atoms with Crippen LogP contribution < -0.4 is 0 Å². The van der Waals surface area contributed by atoms with Crippen LogP contribution in [0.15, 0.2) is 36.4 Å². The van der Waals surface area contributed by atoms with E-state index in [9.17, 15) is 0 Å². The highest BCUT2D eigenvalue weighted by Crippen LogP contribution is 2.33. The Morgan fingerprint density at radius 1 is 0.433 bits per heavy atom. The first-order valence-corrected chi connectivity index (χ1v) is 12.4. The monoisotopic (exact) mass is 410 g/mol. The summed E-state index contributed by atoms with van der Waals surface area (Å²) in [5.74, 6) is 0. The van der Waals surface area contributed by atoms with Crippen LogP contribution in [0.3, 0.4) is 0 Å². The highest BCUT2D eigenvalue weighted by atomic mass is 14.3. The third kappa shape index (κ3) is 10.5. The molecule has 2 aromatic rings. The van der Waals surface area contributed by atoms with Gasteiger partial charge in [0.1, 0.15) is 0 Å². The lowest BCUT2D eigenvalue weighted by Crippen LogP contribution is -2.15. The zero-order chi connectivity index (χ0) is 23.2. The zero-order valence-corrected chi connectivity index (χ0v) is 21.9. The zero-order valence-electron chi connectivity index (χ0n) is 21.9. The Bertz CT molecular complexity index is 581. The average Bonchev–Trinajstić information content (AvgIpc) is 2.75. The van der Waals surface area contributed by atoms with E-state index in [-0.39, 0.29) is 0 Å². The second-order valence-corrected chi connectivity index (χ2v) is 8.80.